The SMILES string of the molecule is CC(C)CC(C(=O)NC1C(=O)NC(Cc2c[nH]c3ccccc23)C(=O)N/C=C\c2ccc(cc2)OC1C(C)C)N(C)C. The average Bonchev–Trinajstić information content (AvgIpc) is 3.35. The van der Waals surface area contributed by atoms with Gasteiger partial charge in [0.1, 0.15) is 23.9 Å². The maximum absolute atomic E-state index is 14.1. The third kappa shape index (κ3) is 7.59. The number of aromatic amines is 1. The number of amides is 3. The molecule has 9 heteroatoms. The number of nitrogens with zero attached hydrogens (tertiary/aromatic N) is 1. The van der Waals surface area contributed by atoms with Gasteiger partial charge in [-0.1, -0.05) is 58.0 Å². The molecular weight excluding hydrogens is 530 g/mol. The minimum absolute atomic E-state index is 0.141. The van der Waals surface area contributed by atoms with E-state index in [-0.39, 0.29) is 30.1 Å². The van der Waals surface area contributed by atoms with Crippen molar-refractivity contribution in [2.75, 3.05) is 14.1 Å². The molecule has 3 heterocycles. The predicted molar refractivity (Wildman–Crippen MR) is 166 cm³/mol. The monoisotopic (exact) mass is 573 g/mol. The number of likely N-dealkylation sites (N-methyl/N-ethyl adjacent to an activating group) is 1. The van der Waals surface area contributed by atoms with Gasteiger partial charge in [-0.05, 0) is 67.8 Å². The summed E-state index contributed by atoms with van der Waals surface area (Å²) in [7, 11) is 3.71. The van der Waals surface area contributed by atoms with E-state index < -0.39 is 30.1 Å². The fourth-order valence-corrected chi connectivity index (χ4v) is 5.26. The zero-order valence-electron chi connectivity index (χ0n) is 25.3. The molecule has 0 spiro atoms. The Kier molecular flexibility index (Phi) is 10.1. The van der Waals surface area contributed by atoms with Crippen LogP contribution in [0.3, 0.4) is 0 Å². The van der Waals surface area contributed by atoms with E-state index in [1.54, 1.807) is 12.3 Å². The van der Waals surface area contributed by atoms with E-state index in [9.17, 15) is 14.4 Å². The molecule has 0 saturated heterocycles. The summed E-state index contributed by atoms with van der Waals surface area (Å²) in [5, 5.41) is 9.77. The van der Waals surface area contributed by atoms with Crippen LogP contribution in [0.2, 0.25) is 0 Å². The number of H-pyrrole nitrogens is 1. The molecule has 0 fully saturated rings. The molecule has 3 aromatic rings. The van der Waals surface area contributed by atoms with Crippen LogP contribution in [0.25, 0.3) is 17.0 Å². The number of rotatable bonds is 8. The van der Waals surface area contributed by atoms with Crippen molar-refractivity contribution < 1.29 is 19.1 Å². The zero-order valence-corrected chi connectivity index (χ0v) is 25.3. The zero-order chi connectivity index (χ0) is 30.4. The van der Waals surface area contributed by atoms with Crippen LogP contribution in [0.4, 0.5) is 0 Å². The molecule has 42 heavy (non-hydrogen) atoms. The van der Waals surface area contributed by atoms with Crippen molar-refractivity contribution in [2.45, 2.75) is 64.8 Å². The second-order valence-electron chi connectivity index (χ2n) is 12.0. The number of ether oxygens (including phenoxy) is 1. The lowest BCUT2D eigenvalue weighted by Crippen LogP contribution is -2.62. The Morgan fingerprint density at radius 3 is 2.38 bits per heavy atom. The largest absolute Gasteiger partial charge is 0.487 e. The molecule has 2 aromatic carbocycles. The van der Waals surface area contributed by atoms with Gasteiger partial charge in [-0.15, -0.1) is 0 Å². The minimum Gasteiger partial charge on any atom is -0.487 e. The minimum atomic E-state index is -1.05. The maximum atomic E-state index is 14.1. The molecule has 3 amide bonds. The van der Waals surface area contributed by atoms with Gasteiger partial charge in [-0.3, -0.25) is 19.3 Å². The molecular formula is C33H43N5O4. The number of carbonyl (C=O) groups is 3. The third-order valence-electron chi connectivity index (χ3n) is 7.57. The fourth-order valence-electron chi connectivity index (χ4n) is 5.26. The average molecular weight is 574 g/mol. The van der Waals surface area contributed by atoms with E-state index in [4.69, 9.17) is 4.74 Å². The maximum Gasteiger partial charge on any atom is 0.247 e. The number of benzene rings is 2. The lowest BCUT2D eigenvalue weighted by atomic mass is 9.96. The summed E-state index contributed by atoms with van der Waals surface area (Å²) in [5.41, 5.74) is 2.72. The lowest BCUT2D eigenvalue weighted by Gasteiger charge is -2.34. The van der Waals surface area contributed by atoms with Crippen molar-refractivity contribution in [3.05, 3.63) is 72.1 Å². The Bertz CT molecular complexity index is 1410. The standard InChI is InChI=1S/C33H43N5O4/c1-20(2)17-28(38(5)6)32(40)37-29-30(21(3)4)42-24-13-11-22(12-14-24)15-16-34-31(39)27(36-33(29)41)18-23-19-35-26-10-8-7-9-25(23)26/h7-16,19-21,27-30,35H,17-18H2,1-6H3,(H,34,39)(H,36,41)(H,37,40)/b16-15-. The number of carbonyl (C=O) groups excluding carboxylic acids is 3. The molecule has 5 rings (SSSR count). The highest BCUT2D eigenvalue weighted by Gasteiger charge is 2.38. The number of hydrogen-bond acceptors (Lipinski definition) is 5. The Labute approximate surface area is 248 Å². The first-order chi connectivity index (χ1) is 20.0. The molecule has 224 valence electrons. The normalized spacial score (nSPS) is 21.1. The first kappa shape index (κ1) is 30.8. The topological polar surface area (TPSA) is 116 Å². The van der Waals surface area contributed by atoms with Gasteiger partial charge in [-0.25, -0.2) is 0 Å². The number of nitrogens with one attached hydrogen (secondary N) is 4. The van der Waals surface area contributed by atoms with Crippen LogP contribution in [0.5, 0.6) is 5.75 Å². The fraction of sp³-hybridized carbons (Fsp3) is 0.424. The summed E-state index contributed by atoms with van der Waals surface area (Å²) in [5.74, 6) is -0.398. The summed E-state index contributed by atoms with van der Waals surface area (Å²) < 4.78 is 6.39. The van der Waals surface area contributed by atoms with Gasteiger partial charge in [0, 0.05) is 29.7 Å². The molecule has 4 atom stereocenters. The summed E-state index contributed by atoms with van der Waals surface area (Å²) in [6.07, 6.45) is 5.40. The van der Waals surface area contributed by atoms with Crippen molar-refractivity contribution in [3.8, 4) is 5.75 Å². The Morgan fingerprint density at radius 1 is 1.00 bits per heavy atom. The van der Waals surface area contributed by atoms with Gasteiger partial charge in [0.2, 0.25) is 17.7 Å². The predicted octanol–water partition coefficient (Wildman–Crippen LogP) is 3.86. The van der Waals surface area contributed by atoms with E-state index in [1.165, 1.54) is 0 Å². The molecule has 4 unspecified atom stereocenters. The smallest absolute Gasteiger partial charge is 0.247 e. The van der Waals surface area contributed by atoms with Crippen LogP contribution in [0.15, 0.2) is 60.9 Å². The van der Waals surface area contributed by atoms with Crippen LogP contribution in [0, 0.1) is 11.8 Å². The van der Waals surface area contributed by atoms with Gasteiger partial charge in [0.05, 0.1) is 6.04 Å². The van der Waals surface area contributed by atoms with Crippen LogP contribution in [0.1, 0.15) is 45.2 Å². The van der Waals surface area contributed by atoms with Crippen molar-refractivity contribution >= 4 is 34.7 Å². The molecule has 2 aliphatic rings. The molecule has 4 N–H and O–H groups in total. The molecule has 2 bridgehead atoms. The van der Waals surface area contributed by atoms with Gasteiger partial charge >= 0.3 is 0 Å². The van der Waals surface area contributed by atoms with E-state index >= 15 is 0 Å². The highest BCUT2D eigenvalue weighted by molar-refractivity contribution is 5.94. The lowest BCUT2D eigenvalue weighted by molar-refractivity contribution is -0.136. The first-order valence-corrected chi connectivity index (χ1v) is 14.6. The molecule has 0 radical (unpaired) electrons. The second-order valence-corrected chi connectivity index (χ2v) is 12.0. The van der Waals surface area contributed by atoms with Gasteiger partial charge in [-0.2, -0.15) is 0 Å². The van der Waals surface area contributed by atoms with E-state index in [2.05, 4.69) is 34.8 Å². The van der Waals surface area contributed by atoms with Crippen LogP contribution in [-0.4, -0.2) is 65.9 Å². The van der Waals surface area contributed by atoms with Crippen molar-refractivity contribution in [3.63, 3.8) is 0 Å². The van der Waals surface area contributed by atoms with E-state index in [0.29, 0.717) is 12.2 Å². The molecule has 2 aliphatic heterocycles. The van der Waals surface area contributed by atoms with Crippen molar-refractivity contribution in [2.24, 2.45) is 11.8 Å². The Morgan fingerprint density at radius 2 is 1.71 bits per heavy atom. The van der Waals surface area contributed by atoms with Gasteiger partial charge in [0.15, 0.2) is 0 Å². The van der Waals surface area contributed by atoms with Gasteiger partial charge in [0.25, 0.3) is 0 Å². The summed E-state index contributed by atoms with van der Waals surface area (Å²) >= 11 is 0. The number of hydrogen-bond donors (Lipinski definition) is 4. The van der Waals surface area contributed by atoms with Crippen LogP contribution >= 0.6 is 0 Å². The van der Waals surface area contributed by atoms with Gasteiger partial charge < -0.3 is 25.7 Å². The van der Waals surface area contributed by atoms with E-state index in [0.717, 1.165) is 22.0 Å². The molecule has 9 nitrogen and oxygen atoms in total. The number of fused-ring (bicyclic) bond motifs is 11. The summed E-state index contributed by atoms with van der Waals surface area (Å²) in [4.78, 5) is 46.4. The molecule has 1 aromatic heterocycles. The van der Waals surface area contributed by atoms with E-state index in [1.807, 2.05) is 87.6 Å². The molecule has 0 aliphatic carbocycles. The Balaban J connectivity index is 1.72. The highest BCUT2D eigenvalue weighted by Crippen LogP contribution is 2.23. The third-order valence-corrected chi connectivity index (χ3v) is 7.57. The van der Waals surface area contributed by atoms with Crippen LogP contribution in [-0.2, 0) is 20.8 Å². The van der Waals surface area contributed by atoms with Crippen molar-refractivity contribution in [1.82, 2.24) is 25.8 Å². The highest BCUT2D eigenvalue weighted by atomic mass is 16.5. The molecule has 0 saturated carbocycles. The van der Waals surface area contributed by atoms with Crippen molar-refractivity contribution in [1.29, 1.82) is 0 Å². The summed E-state index contributed by atoms with van der Waals surface area (Å²) in [6.45, 7) is 8.02. The Hall–Kier alpha value is -4.11. The van der Waals surface area contributed by atoms with Crippen LogP contribution < -0.4 is 20.7 Å². The summed E-state index contributed by atoms with van der Waals surface area (Å²) in [6, 6.07) is 12.8. The first-order valence-electron chi connectivity index (χ1n) is 14.6. The number of para-hydroxylation sites is 1. The quantitative estimate of drug-likeness (QED) is 0.327. The second kappa shape index (κ2) is 13.7. The number of aromatic nitrogens is 1.